The van der Waals surface area contributed by atoms with Gasteiger partial charge in [0.05, 0.1) is 18.0 Å². The number of nitrogens with zero attached hydrogens (tertiary/aromatic N) is 1. The molecule has 0 aliphatic carbocycles. The summed E-state index contributed by atoms with van der Waals surface area (Å²) in [4.78, 5) is 15.0. The minimum Gasteiger partial charge on any atom is -0.396 e. The standard InChI is InChI=1S/C15H16F3NO2S.BrH/c1-10-14(6-7-20)22-9-19(10)8-13(21)11-4-2-3-5-12(11)15(16,17)18;/h2-5,20H,6-9H2,1H3;1H. The topological polar surface area (TPSA) is 40.5 Å². The highest BCUT2D eigenvalue weighted by Crippen LogP contribution is 2.35. The van der Waals surface area contributed by atoms with Crippen LogP contribution in [0.25, 0.3) is 0 Å². The van der Waals surface area contributed by atoms with E-state index in [-0.39, 0.29) is 35.7 Å². The number of Topliss-reactive ketones (excluding diaryl/α,β-unsaturated/α-hetero) is 1. The van der Waals surface area contributed by atoms with Crippen molar-refractivity contribution < 1.29 is 23.1 Å². The zero-order valence-electron chi connectivity index (χ0n) is 12.4. The largest absolute Gasteiger partial charge is 0.417 e. The number of benzene rings is 1. The number of halogens is 4. The molecule has 3 nitrogen and oxygen atoms in total. The molecule has 1 aromatic rings. The summed E-state index contributed by atoms with van der Waals surface area (Å²) in [5.41, 5.74) is -0.357. The van der Waals surface area contributed by atoms with Gasteiger partial charge in [-0.05, 0) is 13.0 Å². The third-order valence-electron chi connectivity index (χ3n) is 3.48. The number of rotatable bonds is 5. The SMILES string of the molecule is Br.CC1=C(CCO)SCN1CC(=O)c1ccccc1C(F)(F)F. The molecule has 128 valence electrons. The van der Waals surface area contributed by atoms with Crippen molar-refractivity contribution in [1.29, 1.82) is 0 Å². The Labute approximate surface area is 147 Å². The Balaban J connectivity index is 0.00000264. The number of ketones is 1. The highest BCUT2D eigenvalue weighted by atomic mass is 79.9. The highest BCUT2D eigenvalue weighted by Gasteiger charge is 2.35. The van der Waals surface area contributed by atoms with Crippen LogP contribution in [0.2, 0.25) is 0 Å². The summed E-state index contributed by atoms with van der Waals surface area (Å²) in [5, 5.41) is 8.96. The van der Waals surface area contributed by atoms with Gasteiger partial charge in [0.2, 0.25) is 0 Å². The van der Waals surface area contributed by atoms with Crippen molar-refractivity contribution in [1.82, 2.24) is 4.90 Å². The average Bonchev–Trinajstić information content (AvgIpc) is 2.80. The minimum absolute atomic E-state index is 0. The molecule has 0 radical (unpaired) electrons. The van der Waals surface area contributed by atoms with Gasteiger partial charge in [0.25, 0.3) is 0 Å². The Bertz CT molecular complexity index is 605. The van der Waals surface area contributed by atoms with Gasteiger partial charge in [-0.2, -0.15) is 13.2 Å². The van der Waals surface area contributed by atoms with E-state index in [0.29, 0.717) is 12.3 Å². The van der Waals surface area contributed by atoms with Crippen LogP contribution in [0, 0.1) is 0 Å². The highest BCUT2D eigenvalue weighted by molar-refractivity contribution is 8.93. The van der Waals surface area contributed by atoms with Crippen LogP contribution in [0.1, 0.15) is 29.3 Å². The van der Waals surface area contributed by atoms with Crippen molar-refractivity contribution in [3.63, 3.8) is 0 Å². The Morgan fingerprint density at radius 3 is 2.61 bits per heavy atom. The number of aliphatic hydroxyl groups is 1. The molecule has 0 saturated carbocycles. The lowest BCUT2D eigenvalue weighted by Crippen LogP contribution is -2.27. The second-order valence-electron chi connectivity index (χ2n) is 4.92. The van der Waals surface area contributed by atoms with Crippen LogP contribution >= 0.6 is 28.7 Å². The minimum atomic E-state index is -4.54. The normalized spacial score (nSPS) is 14.9. The molecule has 1 heterocycles. The first-order valence-corrected chi connectivity index (χ1v) is 7.71. The maximum atomic E-state index is 13.0. The molecule has 0 spiro atoms. The van der Waals surface area contributed by atoms with Crippen LogP contribution in [0.15, 0.2) is 34.9 Å². The molecule has 1 N–H and O–H groups in total. The Morgan fingerprint density at radius 1 is 1.35 bits per heavy atom. The van der Waals surface area contributed by atoms with Gasteiger partial charge >= 0.3 is 6.18 Å². The maximum Gasteiger partial charge on any atom is 0.417 e. The summed E-state index contributed by atoms with van der Waals surface area (Å²) >= 11 is 1.50. The van der Waals surface area contributed by atoms with Gasteiger partial charge in [-0.1, -0.05) is 18.2 Å². The lowest BCUT2D eigenvalue weighted by Gasteiger charge is -2.19. The average molecular weight is 412 g/mol. The number of carbonyl (C=O) groups excluding carboxylic acids is 1. The number of aliphatic hydroxyl groups excluding tert-OH is 1. The molecular formula is C15H17BrF3NO2S. The van der Waals surface area contributed by atoms with E-state index in [9.17, 15) is 18.0 Å². The second-order valence-corrected chi connectivity index (χ2v) is 5.96. The fourth-order valence-corrected chi connectivity index (χ4v) is 3.45. The lowest BCUT2D eigenvalue weighted by molar-refractivity contribution is -0.137. The van der Waals surface area contributed by atoms with Gasteiger partial charge < -0.3 is 10.0 Å². The van der Waals surface area contributed by atoms with Gasteiger partial charge in [0.1, 0.15) is 0 Å². The van der Waals surface area contributed by atoms with Crippen LogP contribution in [0.3, 0.4) is 0 Å². The number of hydrogen-bond donors (Lipinski definition) is 1. The first-order valence-electron chi connectivity index (χ1n) is 6.72. The molecule has 0 aromatic heterocycles. The summed E-state index contributed by atoms with van der Waals surface area (Å²) < 4.78 is 38.9. The molecule has 1 aromatic carbocycles. The smallest absolute Gasteiger partial charge is 0.396 e. The molecule has 0 bridgehead atoms. The predicted octanol–water partition coefficient (Wildman–Crippen LogP) is 4.09. The molecule has 23 heavy (non-hydrogen) atoms. The third-order valence-corrected chi connectivity index (χ3v) is 4.77. The monoisotopic (exact) mass is 411 g/mol. The third kappa shape index (κ3) is 4.74. The lowest BCUT2D eigenvalue weighted by atomic mass is 10.0. The van der Waals surface area contributed by atoms with Crippen LogP contribution in [-0.2, 0) is 6.18 Å². The van der Waals surface area contributed by atoms with E-state index in [1.807, 2.05) is 6.92 Å². The van der Waals surface area contributed by atoms with Gasteiger partial charge in [-0.3, -0.25) is 4.79 Å². The van der Waals surface area contributed by atoms with Gasteiger partial charge in [-0.25, -0.2) is 0 Å². The molecule has 0 amide bonds. The van der Waals surface area contributed by atoms with E-state index in [2.05, 4.69) is 0 Å². The van der Waals surface area contributed by atoms with E-state index >= 15 is 0 Å². The Kier molecular flexibility index (Phi) is 7.16. The zero-order chi connectivity index (χ0) is 16.3. The molecule has 0 atom stereocenters. The first-order chi connectivity index (χ1) is 10.3. The molecule has 8 heteroatoms. The molecule has 0 unspecified atom stereocenters. The molecule has 0 saturated heterocycles. The predicted molar refractivity (Wildman–Crippen MR) is 89.7 cm³/mol. The van der Waals surface area contributed by atoms with Crippen molar-refractivity contribution in [3.05, 3.63) is 46.0 Å². The van der Waals surface area contributed by atoms with Crippen molar-refractivity contribution in [2.24, 2.45) is 0 Å². The summed E-state index contributed by atoms with van der Waals surface area (Å²) in [6.07, 6.45) is -4.04. The van der Waals surface area contributed by atoms with E-state index in [1.165, 1.54) is 30.0 Å². The van der Waals surface area contributed by atoms with Gasteiger partial charge in [0, 0.05) is 29.2 Å². The zero-order valence-corrected chi connectivity index (χ0v) is 14.9. The van der Waals surface area contributed by atoms with Gasteiger partial charge in [-0.15, -0.1) is 28.7 Å². The summed E-state index contributed by atoms with van der Waals surface area (Å²) in [6, 6.07) is 4.84. The number of carbonyl (C=O) groups is 1. The summed E-state index contributed by atoms with van der Waals surface area (Å²) in [7, 11) is 0. The molecule has 0 fully saturated rings. The summed E-state index contributed by atoms with van der Waals surface area (Å²) in [5.74, 6) is -0.0423. The van der Waals surface area contributed by atoms with Crippen molar-refractivity contribution >= 4 is 34.5 Å². The quantitative estimate of drug-likeness (QED) is 0.740. The summed E-state index contributed by atoms with van der Waals surface area (Å²) in [6.45, 7) is 1.73. The van der Waals surface area contributed by atoms with Crippen LogP contribution in [-0.4, -0.2) is 34.8 Å². The van der Waals surface area contributed by atoms with E-state index in [0.717, 1.165) is 16.7 Å². The van der Waals surface area contributed by atoms with Crippen LogP contribution in [0.4, 0.5) is 13.2 Å². The Morgan fingerprint density at radius 2 is 2.00 bits per heavy atom. The first kappa shape index (κ1) is 20.1. The van der Waals surface area contributed by atoms with Crippen LogP contribution < -0.4 is 0 Å². The number of thioether (sulfide) groups is 1. The molecule has 2 rings (SSSR count). The van der Waals surface area contributed by atoms with E-state index in [1.54, 1.807) is 4.90 Å². The number of allylic oxidation sites excluding steroid dienone is 1. The number of hydrogen-bond acceptors (Lipinski definition) is 4. The van der Waals surface area contributed by atoms with Gasteiger partial charge in [0.15, 0.2) is 5.78 Å². The van der Waals surface area contributed by atoms with E-state index in [4.69, 9.17) is 5.11 Å². The van der Waals surface area contributed by atoms with Crippen molar-refractivity contribution in [3.8, 4) is 0 Å². The van der Waals surface area contributed by atoms with Crippen LogP contribution in [0.5, 0.6) is 0 Å². The van der Waals surface area contributed by atoms with Crippen molar-refractivity contribution in [2.75, 3.05) is 19.0 Å². The molecular weight excluding hydrogens is 395 g/mol. The molecule has 1 aliphatic heterocycles. The second kappa shape index (κ2) is 8.21. The fourth-order valence-electron chi connectivity index (χ4n) is 2.28. The fraction of sp³-hybridized carbons (Fsp3) is 0.400. The van der Waals surface area contributed by atoms with Crippen molar-refractivity contribution in [2.45, 2.75) is 19.5 Å². The maximum absolute atomic E-state index is 13.0. The Hall–Kier alpha value is -0.990. The van der Waals surface area contributed by atoms with E-state index < -0.39 is 17.5 Å². The number of alkyl halides is 3. The molecule has 1 aliphatic rings.